The van der Waals surface area contributed by atoms with Gasteiger partial charge in [-0.1, -0.05) is 35.6 Å². The number of anilines is 1. The van der Waals surface area contributed by atoms with Gasteiger partial charge in [0.15, 0.2) is 16.3 Å². The summed E-state index contributed by atoms with van der Waals surface area (Å²) in [5.74, 6) is -0.176. The number of aromatic nitrogens is 3. The van der Waals surface area contributed by atoms with Crippen LogP contribution in [0, 0.1) is 0 Å². The molecular weight excluding hydrogens is 478 g/mol. The molecule has 1 atom stereocenters. The van der Waals surface area contributed by atoms with Crippen molar-refractivity contribution in [3.8, 4) is 11.5 Å². The van der Waals surface area contributed by atoms with Crippen LogP contribution in [0.2, 0.25) is 0 Å². The summed E-state index contributed by atoms with van der Waals surface area (Å²) >= 11 is 1.24. The van der Waals surface area contributed by atoms with Gasteiger partial charge in [-0.2, -0.15) is 5.10 Å². The molecule has 2 N–H and O–H groups in total. The minimum Gasteiger partial charge on any atom is -0.504 e. The number of benzene rings is 2. The number of phenolic OH excluding ortho intramolecular Hbond substituents is 1. The molecule has 10 heteroatoms. The Labute approximate surface area is 209 Å². The van der Waals surface area contributed by atoms with Crippen molar-refractivity contribution in [2.24, 2.45) is 12.0 Å². The van der Waals surface area contributed by atoms with Gasteiger partial charge in [0.2, 0.25) is 0 Å². The van der Waals surface area contributed by atoms with Crippen molar-refractivity contribution < 1.29 is 14.6 Å². The lowest BCUT2D eigenvalue weighted by molar-refractivity contribution is -0.113. The van der Waals surface area contributed by atoms with Crippen LogP contribution in [0.25, 0.3) is 6.08 Å². The van der Waals surface area contributed by atoms with Gasteiger partial charge < -0.3 is 15.2 Å². The topological polar surface area (TPSA) is 111 Å². The van der Waals surface area contributed by atoms with Crippen LogP contribution in [-0.4, -0.2) is 32.5 Å². The van der Waals surface area contributed by atoms with Gasteiger partial charge in [0.25, 0.3) is 11.5 Å². The third-order valence-corrected chi connectivity index (χ3v) is 6.82. The van der Waals surface area contributed by atoms with Crippen molar-refractivity contribution in [2.75, 3.05) is 12.4 Å². The molecule has 0 spiro atoms. The Morgan fingerprint density at radius 2 is 2.00 bits per heavy atom. The number of phenols is 1. The molecule has 1 amide bonds. The van der Waals surface area contributed by atoms with Crippen LogP contribution in [0.1, 0.15) is 24.1 Å². The van der Waals surface area contributed by atoms with Gasteiger partial charge in [0, 0.05) is 24.5 Å². The number of hydrogen-bond donors (Lipinski definition) is 2. The van der Waals surface area contributed by atoms with Crippen molar-refractivity contribution in [3.63, 3.8) is 0 Å². The number of ether oxygens (including phenoxy) is 1. The number of rotatable bonds is 5. The van der Waals surface area contributed by atoms with E-state index >= 15 is 0 Å². The molecular formula is C26H23N5O4S. The lowest BCUT2D eigenvalue weighted by Gasteiger charge is -2.25. The number of carbonyl (C=O) groups is 1. The quantitative estimate of drug-likeness (QED) is 0.436. The van der Waals surface area contributed by atoms with Crippen molar-refractivity contribution in [2.45, 2.75) is 13.0 Å². The Kier molecular flexibility index (Phi) is 6.03. The molecule has 2 aromatic heterocycles. The Balaban J connectivity index is 1.70. The van der Waals surface area contributed by atoms with Gasteiger partial charge in [-0.25, -0.2) is 4.99 Å². The second kappa shape index (κ2) is 9.31. The van der Waals surface area contributed by atoms with Crippen molar-refractivity contribution in [1.82, 2.24) is 14.3 Å². The van der Waals surface area contributed by atoms with Crippen LogP contribution >= 0.6 is 11.3 Å². The minimum atomic E-state index is -0.782. The molecule has 0 saturated heterocycles. The molecule has 0 radical (unpaired) electrons. The lowest BCUT2D eigenvalue weighted by Crippen LogP contribution is -2.40. The van der Waals surface area contributed by atoms with E-state index in [4.69, 9.17) is 4.74 Å². The zero-order valence-corrected chi connectivity index (χ0v) is 20.6. The first kappa shape index (κ1) is 23.3. The standard InChI is InChI=1S/C26H23N5O4S/c1-15-22(24(33)29-18-7-5-4-6-8-18)23(17-9-10-19(32)20(12-17)35-3)31-25(34)21(36-26(31)28-15)11-16-13-27-30(2)14-16/h4-14,23,32H,1-3H3,(H,29,33). The molecule has 3 heterocycles. The molecule has 182 valence electrons. The molecule has 9 nitrogen and oxygen atoms in total. The fourth-order valence-corrected chi connectivity index (χ4v) is 5.22. The van der Waals surface area contributed by atoms with Gasteiger partial charge >= 0.3 is 0 Å². The molecule has 0 bridgehead atoms. The number of aromatic hydroxyl groups is 1. The number of fused-ring (bicyclic) bond motifs is 1. The van der Waals surface area contributed by atoms with Crippen LogP contribution in [0.15, 0.2) is 82.0 Å². The summed E-state index contributed by atoms with van der Waals surface area (Å²) in [5.41, 5.74) is 2.55. The number of methoxy groups -OCH3 is 1. The normalized spacial score (nSPS) is 15.4. The summed E-state index contributed by atoms with van der Waals surface area (Å²) in [6.45, 7) is 1.75. The van der Waals surface area contributed by atoms with Crippen molar-refractivity contribution in [1.29, 1.82) is 0 Å². The minimum absolute atomic E-state index is 0.0405. The number of hydrogen-bond acceptors (Lipinski definition) is 7. The molecule has 1 aliphatic heterocycles. The van der Waals surface area contributed by atoms with Gasteiger partial charge in [0.1, 0.15) is 0 Å². The van der Waals surface area contributed by atoms with Crippen LogP contribution in [-0.2, 0) is 11.8 Å². The highest BCUT2D eigenvalue weighted by atomic mass is 32.1. The largest absolute Gasteiger partial charge is 0.504 e. The maximum absolute atomic E-state index is 13.7. The Morgan fingerprint density at radius 1 is 1.22 bits per heavy atom. The molecule has 1 aliphatic rings. The highest BCUT2D eigenvalue weighted by Crippen LogP contribution is 2.35. The van der Waals surface area contributed by atoms with Gasteiger partial charge in [-0.3, -0.25) is 18.8 Å². The second-order valence-corrected chi connectivity index (χ2v) is 9.29. The maximum atomic E-state index is 13.7. The number of nitrogens with one attached hydrogen (secondary N) is 1. The SMILES string of the molecule is COc1cc(C2C(C(=O)Nc3ccccc3)=C(C)N=c3sc(=Cc4cnn(C)c4)c(=O)n32)ccc1O. The molecule has 5 rings (SSSR count). The molecule has 0 saturated carbocycles. The van der Waals surface area contributed by atoms with E-state index in [1.165, 1.54) is 29.1 Å². The molecule has 0 aliphatic carbocycles. The first-order valence-corrected chi connectivity index (χ1v) is 11.9. The van der Waals surface area contributed by atoms with Gasteiger partial charge in [-0.05, 0) is 42.8 Å². The fraction of sp³-hybridized carbons (Fsp3) is 0.154. The van der Waals surface area contributed by atoms with E-state index in [9.17, 15) is 14.7 Å². The zero-order chi connectivity index (χ0) is 25.4. The predicted molar refractivity (Wildman–Crippen MR) is 137 cm³/mol. The summed E-state index contributed by atoms with van der Waals surface area (Å²) in [6, 6.07) is 13.1. The van der Waals surface area contributed by atoms with Crippen LogP contribution < -0.4 is 24.9 Å². The van der Waals surface area contributed by atoms with Crippen LogP contribution in [0.5, 0.6) is 11.5 Å². The van der Waals surface area contributed by atoms with Crippen LogP contribution in [0.3, 0.4) is 0 Å². The molecule has 1 unspecified atom stereocenters. The van der Waals surface area contributed by atoms with Gasteiger partial charge in [-0.15, -0.1) is 0 Å². The van der Waals surface area contributed by atoms with E-state index in [-0.39, 0.29) is 23.0 Å². The first-order valence-electron chi connectivity index (χ1n) is 11.1. The summed E-state index contributed by atoms with van der Waals surface area (Å²) in [6.07, 6.45) is 5.24. The van der Waals surface area contributed by atoms with E-state index in [0.717, 1.165) is 5.56 Å². The van der Waals surface area contributed by atoms with E-state index in [0.29, 0.717) is 31.9 Å². The molecule has 4 aromatic rings. The Bertz CT molecular complexity index is 1680. The Hall–Kier alpha value is -4.44. The predicted octanol–water partition coefficient (Wildman–Crippen LogP) is 2.32. The molecule has 36 heavy (non-hydrogen) atoms. The van der Waals surface area contributed by atoms with E-state index in [1.807, 2.05) is 24.4 Å². The van der Waals surface area contributed by atoms with E-state index < -0.39 is 6.04 Å². The van der Waals surface area contributed by atoms with Crippen LogP contribution in [0.4, 0.5) is 5.69 Å². The maximum Gasteiger partial charge on any atom is 0.271 e. The first-order chi connectivity index (χ1) is 17.4. The zero-order valence-electron chi connectivity index (χ0n) is 19.8. The lowest BCUT2D eigenvalue weighted by atomic mass is 9.94. The third kappa shape index (κ3) is 4.22. The summed E-state index contributed by atoms with van der Waals surface area (Å²) in [7, 11) is 3.25. The summed E-state index contributed by atoms with van der Waals surface area (Å²) in [4.78, 5) is 32.4. The number of carbonyl (C=O) groups excluding carboxylic acids is 1. The van der Waals surface area contributed by atoms with Crippen molar-refractivity contribution >= 4 is 29.0 Å². The average molecular weight is 502 g/mol. The highest BCUT2D eigenvalue weighted by Gasteiger charge is 2.33. The number of amides is 1. The number of allylic oxidation sites excluding steroid dienone is 1. The monoisotopic (exact) mass is 501 g/mol. The number of nitrogens with zero attached hydrogens (tertiary/aromatic N) is 4. The fourth-order valence-electron chi connectivity index (χ4n) is 4.18. The van der Waals surface area contributed by atoms with Crippen molar-refractivity contribution in [3.05, 3.63) is 103 Å². The summed E-state index contributed by atoms with van der Waals surface area (Å²) < 4.78 is 8.95. The second-order valence-electron chi connectivity index (χ2n) is 8.28. The number of aryl methyl sites for hydroxylation is 1. The van der Waals surface area contributed by atoms with E-state index in [1.54, 1.807) is 55.2 Å². The smallest absolute Gasteiger partial charge is 0.271 e. The molecule has 0 fully saturated rings. The number of thiazole rings is 1. The average Bonchev–Trinajstić information content (AvgIpc) is 3.41. The molecule has 2 aromatic carbocycles. The highest BCUT2D eigenvalue weighted by molar-refractivity contribution is 7.07. The third-order valence-electron chi connectivity index (χ3n) is 5.84. The number of para-hydroxylation sites is 1. The van der Waals surface area contributed by atoms with Gasteiger partial charge in [0.05, 0.1) is 35.2 Å². The summed E-state index contributed by atoms with van der Waals surface area (Å²) in [5, 5.41) is 17.2. The van der Waals surface area contributed by atoms with E-state index in [2.05, 4.69) is 15.4 Å². The Morgan fingerprint density at radius 3 is 2.69 bits per heavy atom.